The fourth-order valence-corrected chi connectivity index (χ4v) is 0.704. The Balaban J connectivity index is 5.03. The summed E-state index contributed by atoms with van der Waals surface area (Å²) in [6.45, 7) is 0. The summed E-state index contributed by atoms with van der Waals surface area (Å²) in [5, 5.41) is -5.50. The lowest BCUT2D eigenvalue weighted by atomic mass is 10.3. The van der Waals surface area contributed by atoms with Gasteiger partial charge in [0.15, 0.2) is 0 Å². The topological polar surface area (TPSA) is 9.23 Å². The highest BCUT2D eigenvalue weighted by Crippen LogP contribution is 2.51. The van der Waals surface area contributed by atoms with Crippen molar-refractivity contribution >= 4 is 46.4 Å². The minimum absolute atomic E-state index is 2.95. The Morgan fingerprint density at radius 2 is 1.07 bits per heavy atom. The number of rotatable bonds is 2. The van der Waals surface area contributed by atoms with Crippen LogP contribution in [0.3, 0.4) is 0 Å². The van der Waals surface area contributed by atoms with Crippen LogP contribution >= 0.6 is 46.4 Å². The molecule has 0 aromatic carbocycles. The van der Waals surface area contributed by atoms with Crippen LogP contribution in [-0.2, 0) is 4.74 Å². The van der Waals surface area contributed by atoms with Gasteiger partial charge in [-0.2, -0.15) is 22.0 Å². The number of hydrogen-bond donors (Lipinski definition) is 0. The van der Waals surface area contributed by atoms with E-state index < -0.39 is 21.4 Å². The van der Waals surface area contributed by atoms with Crippen LogP contribution in [0.25, 0.3) is 0 Å². The van der Waals surface area contributed by atoms with Crippen molar-refractivity contribution in [1.82, 2.24) is 0 Å². The van der Waals surface area contributed by atoms with Crippen LogP contribution in [0.5, 0.6) is 0 Å². The molecule has 0 aliphatic carbocycles. The zero-order chi connectivity index (χ0) is 12.7. The second-order valence-electron chi connectivity index (χ2n) is 2.14. The third kappa shape index (κ3) is 3.89. The van der Waals surface area contributed by atoms with Gasteiger partial charge in [-0.1, -0.05) is 46.4 Å². The van der Waals surface area contributed by atoms with Crippen LogP contribution in [0.1, 0.15) is 0 Å². The van der Waals surface area contributed by atoms with Crippen LogP contribution in [0, 0.1) is 0 Å². The normalized spacial score (nSPS) is 18.8. The summed E-state index contributed by atoms with van der Waals surface area (Å²) in [6.07, 6.45) is -11.7. The number of ether oxygens (including phenoxy) is 1. The average molecular weight is 320 g/mol. The van der Waals surface area contributed by atoms with E-state index in [0.29, 0.717) is 0 Å². The molecule has 0 N–H and O–H groups in total. The van der Waals surface area contributed by atoms with Gasteiger partial charge >= 0.3 is 21.4 Å². The summed E-state index contributed by atoms with van der Waals surface area (Å²) in [6, 6.07) is 0. The third-order valence-electron chi connectivity index (χ3n) is 0.965. The van der Waals surface area contributed by atoms with Crippen molar-refractivity contribution in [2.45, 2.75) is 21.4 Å². The van der Waals surface area contributed by atoms with E-state index in [2.05, 4.69) is 51.1 Å². The van der Waals surface area contributed by atoms with Gasteiger partial charge in [0.2, 0.25) is 0 Å². The monoisotopic (exact) mass is 318 g/mol. The lowest BCUT2D eigenvalue weighted by molar-refractivity contribution is -0.355. The highest BCUT2D eigenvalue weighted by molar-refractivity contribution is 6.66. The van der Waals surface area contributed by atoms with Crippen LogP contribution in [0.2, 0.25) is 0 Å². The number of halogens is 10. The predicted octanol–water partition coefficient (Wildman–Crippen LogP) is 4.39. The van der Waals surface area contributed by atoms with Gasteiger partial charge in [0.05, 0.1) is 0 Å². The van der Waals surface area contributed by atoms with E-state index in [4.69, 9.17) is 0 Å². The molecule has 0 bridgehead atoms. The Morgan fingerprint density at radius 3 is 1.27 bits per heavy atom. The fraction of sp³-hybridized carbons (Fsp3) is 1.00. The molecule has 0 saturated carbocycles. The molecule has 15 heavy (non-hydrogen) atoms. The minimum atomic E-state index is -6.10. The Bertz CT molecular complexity index is 232. The first-order chi connectivity index (χ1) is 6.21. The average Bonchev–Trinajstić information content (AvgIpc) is 1.77. The van der Waals surface area contributed by atoms with Crippen molar-refractivity contribution in [3.8, 4) is 0 Å². The number of hydrogen-bond acceptors (Lipinski definition) is 1. The second-order valence-corrected chi connectivity index (χ2v) is 4.83. The molecular formula is C4Cl4F6O. The van der Waals surface area contributed by atoms with Crippen LogP contribution in [0.4, 0.5) is 26.3 Å². The molecule has 0 saturated heterocycles. The second kappa shape index (κ2) is 4.18. The molecule has 0 spiro atoms. The molecule has 0 rings (SSSR count). The zero-order valence-electron chi connectivity index (χ0n) is 6.19. The van der Waals surface area contributed by atoms with Gasteiger partial charge in [0.1, 0.15) is 0 Å². The van der Waals surface area contributed by atoms with Crippen molar-refractivity contribution in [3.63, 3.8) is 0 Å². The largest absolute Gasteiger partial charge is 0.446 e. The summed E-state index contributed by atoms with van der Waals surface area (Å²) < 4.78 is 72.3. The van der Waals surface area contributed by atoms with Gasteiger partial charge in [-0.3, -0.25) is 4.74 Å². The lowest BCUT2D eigenvalue weighted by Crippen LogP contribution is -2.53. The maximum absolute atomic E-state index is 12.5. The standard InChI is InChI=1S/C4Cl4F6O/c5-1(9,2(10,11)12)3(13,14)15-4(6,7)8. The van der Waals surface area contributed by atoms with Crippen LogP contribution < -0.4 is 0 Å². The Hall–Kier alpha value is 0.700. The molecule has 0 radical (unpaired) electrons. The molecule has 0 aromatic rings. The van der Waals surface area contributed by atoms with Crippen LogP contribution in [-0.4, -0.2) is 21.4 Å². The summed E-state index contributed by atoms with van der Waals surface area (Å²) >= 11 is 17.8. The maximum atomic E-state index is 12.5. The van der Waals surface area contributed by atoms with E-state index in [1.807, 2.05) is 0 Å². The van der Waals surface area contributed by atoms with Gasteiger partial charge in [-0.05, 0) is 0 Å². The lowest BCUT2D eigenvalue weighted by Gasteiger charge is -2.30. The number of alkyl halides is 10. The SMILES string of the molecule is FC(F)(F)C(F)(Cl)C(F)(F)OC(Cl)(Cl)Cl. The van der Waals surface area contributed by atoms with Crippen molar-refractivity contribution in [2.24, 2.45) is 0 Å². The highest BCUT2D eigenvalue weighted by atomic mass is 35.6. The van der Waals surface area contributed by atoms with Gasteiger partial charge < -0.3 is 0 Å². The molecule has 0 fully saturated rings. The van der Waals surface area contributed by atoms with E-state index in [0.717, 1.165) is 0 Å². The zero-order valence-corrected chi connectivity index (χ0v) is 9.21. The first-order valence-corrected chi connectivity index (χ1v) is 4.31. The van der Waals surface area contributed by atoms with E-state index in [1.54, 1.807) is 0 Å². The van der Waals surface area contributed by atoms with Crippen molar-refractivity contribution in [2.75, 3.05) is 0 Å². The maximum Gasteiger partial charge on any atom is 0.446 e. The highest BCUT2D eigenvalue weighted by Gasteiger charge is 2.73. The molecule has 92 valence electrons. The quantitative estimate of drug-likeness (QED) is 0.542. The molecule has 0 aromatic heterocycles. The molecule has 0 amide bonds. The fourth-order valence-electron chi connectivity index (χ4n) is 0.374. The smallest absolute Gasteiger partial charge is 0.266 e. The van der Waals surface area contributed by atoms with Crippen molar-refractivity contribution in [3.05, 3.63) is 0 Å². The van der Waals surface area contributed by atoms with Gasteiger partial charge in [-0.25, -0.2) is 4.39 Å². The van der Waals surface area contributed by atoms with Crippen molar-refractivity contribution < 1.29 is 31.1 Å². The van der Waals surface area contributed by atoms with E-state index in [9.17, 15) is 26.3 Å². The molecule has 1 unspecified atom stereocenters. The molecule has 0 aliphatic rings. The van der Waals surface area contributed by atoms with Gasteiger partial charge in [0, 0.05) is 0 Å². The van der Waals surface area contributed by atoms with Crippen molar-refractivity contribution in [1.29, 1.82) is 0 Å². The Morgan fingerprint density at radius 1 is 0.733 bits per heavy atom. The first kappa shape index (κ1) is 15.7. The summed E-state index contributed by atoms with van der Waals surface area (Å²) in [5.74, 6) is 0. The summed E-state index contributed by atoms with van der Waals surface area (Å²) in [5.41, 5.74) is 0. The molecule has 1 nitrogen and oxygen atoms in total. The Labute approximate surface area is 99.2 Å². The van der Waals surface area contributed by atoms with Gasteiger partial charge in [0.25, 0.3) is 0 Å². The first-order valence-electron chi connectivity index (χ1n) is 2.80. The predicted molar refractivity (Wildman–Crippen MR) is 42.1 cm³/mol. The summed E-state index contributed by atoms with van der Waals surface area (Å²) in [4.78, 5) is 0. The minimum Gasteiger partial charge on any atom is -0.266 e. The third-order valence-corrected chi connectivity index (χ3v) is 1.63. The molecule has 0 aliphatic heterocycles. The van der Waals surface area contributed by atoms with Crippen LogP contribution in [0.15, 0.2) is 0 Å². The molecule has 1 atom stereocenters. The molecule has 0 heterocycles. The summed E-state index contributed by atoms with van der Waals surface area (Å²) in [7, 11) is 0. The van der Waals surface area contributed by atoms with E-state index in [-0.39, 0.29) is 0 Å². The molecule has 11 heteroatoms. The van der Waals surface area contributed by atoms with Gasteiger partial charge in [-0.15, -0.1) is 0 Å². The Kier molecular flexibility index (Phi) is 4.37. The van der Waals surface area contributed by atoms with E-state index >= 15 is 0 Å². The molecular weight excluding hydrogens is 320 g/mol. The van der Waals surface area contributed by atoms with E-state index in [1.165, 1.54) is 0 Å².